The van der Waals surface area contributed by atoms with Crippen LogP contribution in [0.25, 0.3) is 0 Å². The molecular formula is C23H27N3O2. The number of carbonyl (C=O) groups is 1. The Balaban J connectivity index is 1.62. The number of carbonyl (C=O) groups excluding carboxylic acids is 1. The predicted molar refractivity (Wildman–Crippen MR) is 111 cm³/mol. The van der Waals surface area contributed by atoms with Crippen molar-refractivity contribution in [3.05, 3.63) is 90.1 Å². The van der Waals surface area contributed by atoms with Crippen molar-refractivity contribution in [3.63, 3.8) is 0 Å². The summed E-state index contributed by atoms with van der Waals surface area (Å²) >= 11 is 0. The van der Waals surface area contributed by atoms with Crippen LogP contribution < -0.4 is 5.32 Å². The summed E-state index contributed by atoms with van der Waals surface area (Å²) in [6.45, 7) is 2.57. The number of ether oxygens (including phenoxy) is 1. The third kappa shape index (κ3) is 5.30. The van der Waals surface area contributed by atoms with E-state index >= 15 is 0 Å². The Morgan fingerprint density at radius 2 is 2.21 bits per heavy atom. The van der Waals surface area contributed by atoms with Gasteiger partial charge in [-0.2, -0.15) is 0 Å². The van der Waals surface area contributed by atoms with Crippen LogP contribution in [0.2, 0.25) is 0 Å². The number of amides is 1. The molecule has 28 heavy (non-hydrogen) atoms. The lowest BCUT2D eigenvalue weighted by molar-refractivity contribution is -0.117. The second-order valence-electron chi connectivity index (χ2n) is 6.90. The number of methoxy groups -OCH3 is 1. The Bertz CT molecular complexity index is 866. The van der Waals surface area contributed by atoms with Gasteiger partial charge in [0.05, 0.1) is 25.0 Å². The Morgan fingerprint density at radius 1 is 1.36 bits per heavy atom. The van der Waals surface area contributed by atoms with Gasteiger partial charge in [-0.1, -0.05) is 42.5 Å². The fourth-order valence-electron chi connectivity index (χ4n) is 3.33. The summed E-state index contributed by atoms with van der Waals surface area (Å²) < 4.78 is 7.16. The first-order valence-corrected chi connectivity index (χ1v) is 9.58. The number of hydrogen-bond donors (Lipinski definition) is 1. The zero-order chi connectivity index (χ0) is 19.8. The molecule has 5 nitrogen and oxygen atoms in total. The highest BCUT2D eigenvalue weighted by Gasteiger charge is 2.22. The average Bonchev–Trinajstić information content (AvgIpc) is 3.38. The Hall–Kier alpha value is -2.92. The molecule has 146 valence electrons. The first-order chi connectivity index (χ1) is 13.7. The van der Waals surface area contributed by atoms with E-state index in [-0.39, 0.29) is 18.0 Å². The lowest BCUT2D eigenvalue weighted by Crippen LogP contribution is -2.25. The van der Waals surface area contributed by atoms with E-state index in [1.807, 2.05) is 41.1 Å². The highest BCUT2D eigenvalue weighted by atomic mass is 16.5. The lowest BCUT2D eigenvalue weighted by atomic mass is 10.1. The van der Waals surface area contributed by atoms with Crippen molar-refractivity contribution >= 4 is 5.91 Å². The molecule has 0 spiro atoms. The van der Waals surface area contributed by atoms with Gasteiger partial charge < -0.3 is 14.6 Å². The third-order valence-corrected chi connectivity index (χ3v) is 4.92. The van der Waals surface area contributed by atoms with E-state index in [1.54, 1.807) is 25.7 Å². The topological polar surface area (TPSA) is 56.1 Å². The van der Waals surface area contributed by atoms with Crippen molar-refractivity contribution in [2.45, 2.75) is 31.8 Å². The van der Waals surface area contributed by atoms with E-state index < -0.39 is 0 Å². The van der Waals surface area contributed by atoms with Crippen LogP contribution in [0.15, 0.2) is 78.9 Å². The molecule has 0 saturated carbocycles. The molecule has 2 aromatic rings. The summed E-state index contributed by atoms with van der Waals surface area (Å²) in [5.74, 6) is -0.0823. The van der Waals surface area contributed by atoms with Gasteiger partial charge in [-0.05, 0) is 42.5 Å². The van der Waals surface area contributed by atoms with Crippen molar-refractivity contribution in [3.8, 4) is 0 Å². The number of aryl methyl sites for hydroxylation is 1. The molecule has 1 heterocycles. The van der Waals surface area contributed by atoms with Crippen molar-refractivity contribution in [2.24, 2.45) is 0 Å². The number of nitrogens with zero attached hydrogens (tertiary/aromatic N) is 2. The molecule has 1 amide bonds. The molecule has 3 rings (SSSR count). The number of imidazole rings is 1. The predicted octanol–water partition coefficient (Wildman–Crippen LogP) is 3.93. The summed E-state index contributed by atoms with van der Waals surface area (Å²) in [5, 5.41) is 3.11. The normalized spacial score (nSPS) is 17.9. The molecule has 0 saturated heterocycles. The maximum Gasteiger partial charge on any atom is 0.244 e. The van der Waals surface area contributed by atoms with Gasteiger partial charge >= 0.3 is 0 Å². The molecule has 0 fully saturated rings. The zero-order valence-corrected chi connectivity index (χ0v) is 16.4. The van der Waals surface area contributed by atoms with Crippen LogP contribution >= 0.6 is 0 Å². The van der Waals surface area contributed by atoms with Crippen LogP contribution in [0.4, 0.5) is 0 Å². The van der Waals surface area contributed by atoms with Crippen molar-refractivity contribution in [1.29, 1.82) is 0 Å². The molecule has 0 aliphatic heterocycles. The van der Waals surface area contributed by atoms with Gasteiger partial charge in [0.1, 0.15) is 0 Å². The highest BCUT2D eigenvalue weighted by molar-refractivity contribution is 5.88. The minimum atomic E-state index is -0.0823. The van der Waals surface area contributed by atoms with Gasteiger partial charge in [0.2, 0.25) is 5.91 Å². The number of rotatable bonds is 8. The van der Waals surface area contributed by atoms with Crippen LogP contribution in [0.1, 0.15) is 36.6 Å². The van der Waals surface area contributed by atoms with Crippen LogP contribution in [-0.4, -0.2) is 29.2 Å². The molecule has 1 aromatic heterocycles. The molecule has 1 aromatic carbocycles. The fraction of sp³-hybridized carbons (Fsp3) is 0.304. The van der Waals surface area contributed by atoms with Crippen molar-refractivity contribution < 1.29 is 9.53 Å². The van der Waals surface area contributed by atoms with Gasteiger partial charge in [0, 0.05) is 25.6 Å². The van der Waals surface area contributed by atoms with Gasteiger partial charge in [-0.3, -0.25) is 4.79 Å². The first kappa shape index (κ1) is 19.8. The van der Waals surface area contributed by atoms with Crippen LogP contribution in [0, 0.1) is 0 Å². The quantitative estimate of drug-likeness (QED) is 0.560. The molecule has 2 atom stereocenters. The summed E-state index contributed by atoms with van der Waals surface area (Å²) in [7, 11) is 1.65. The minimum absolute atomic E-state index is 0.0823. The van der Waals surface area contributed by atoms with E-state index in [4.69, 9.17) is 4.74 Å². The Labute approximate surface area is 166 Å². The largest absolute Gasteiger partial charge is 0.381 e. The van der Waals surface area contributed by atoms with Gasteiger partial charge in [0.25, 0.3) is 0 Å². The number of hydrogen-bond acceptors (Lipinski definition) is 3. The van der Waals surface area contributed by atoms with E-state index in [2.05, 4.69) is 35.4 Å². The second-order valence-corrected chi connectivity index (χ2v) is 6.90. The van der Waals surface area contributed by atoms with Crippen LogP contribution in [-0.2, 0) is 16.0 Å². The number of allylic oxidation sites excluding steroid dienone is 4. The van der Waals surface area contributed by atoms with E-state index in [0.29, 0.717) is 6.61 Å². The number of benzene rings is 1. The maximum absolute atomic E-state index is 12.4. The number of fused-ring (bicyclic) bond motifs is 1. The monoisotopic (exact) mass is 377 g/mol. The molecule has 5 heteroatoms. The molecular weight excluding hydrogens is 350 g/mol. The minimum Gasteiger partial charge on any atom is -0.381 e. The maximum atomic E-state index is 12.4. The van der Waals surface area contributed by atoms with Crippen LogP contribution in [0.5, 0.6) is 0 Å². The molecule has 1 aliphatic rings. The Kier molecular flexibility index (Phi) is 6.98. The molecule has 0 bridgehead atoms. The van der Waals surface area contributed by atoms with Crippen molar-refractivity contribution in [1.82, 2.24) is 14.9 Å². The van der Waals surface area contributed by atoms with Crippen LogP contribution in [0.3, 0.4) is 0 Å². The van der Waals surface area contributed by atoms with E-state index in [1.165, 1.54) is 11.1 Å². The second kappa shape index (κ2) is 9.85. The smallest absolute Gasteiger partial charge is 0.244 e. The SMILES string of the molecule is COC/C=C(/C=C\C(=O)NC1CCc2ccccc21)\C=C/C(C)n1ccnc1. The molecule has 1 aliphatic carbocycles. The summed E-state index contributed by atoms with van der Waals surface area (Å²) in [4.78, 5) is 16.5. The lowest BCUT2D eigenvalue weighted by Gasteiger charge is -2.12. The summed E-state index contributed by atoms with van der Waals surface area (Å²) in [5.41, 5.74) is 3.48. The highest BCUT2D eigenvalue weighted by Crippen LogP contribution is 2.30. The number of nitrogens with one attached hydrogen (secondary N) is 1. The van der Waals surface area contributed by atoms with E-state index in [0.717, 1.165) is 18.4 Å². The first-order valence-electron chi connectivity index (χ1n) is 9.58. The fourth-order valence-corrected chi connectivity index (χ4v) is 3.33. The standard InChI is InChI=1S/C23H27N3O2/c1-18(26-15-14-24-17-26)7-8-19(13-16-28-2)9-12-23(27)25-22-11-10-20-5-3-4-6-21(20)22/h3-9,12-15,17-18,22H,10-11,16H2,1-2H3,(H,25,27)/b8-7-,12-9-,19-13+. The average molecular weight is 377 g/mol. The number of aromatic nitrogens is 2. The van der Waals surface area contributed by atoms with E-state index in [9.17, 15) is 4.79 Å². The summed E-state index contributed by atoms with van der Waals surface area (Å²) in [6, 6.07) is 8.57. The molecule has 1 N–H and O–H groups in total. The third-order valence-electron chi connectivity index (χ3n) is 4.92. The van der Waals surface area contributed by atoms with Gasteiger partial charge in [-0.25, -0.2) is 4.98 Å². The van der Waals surface area contributed by atoms with Gasteiger partial charge in [0.15, 0.2) is 0 Å². The zero-order valence-electron chi connectivity index (χ0n) is 16.4. The summed E-state index contributed by atoms with van der Waals surface area (Å²) in [6.07, 6.45) is 16.9. The molecule has 2 unspecified atom stereocenters. The van der Waals surface area contributed by atoms with Gasteiger partial charge in [-0.15, -0.1) is 0 Å². The molecule has 0 radical (unpaired) electrons. The Morgan fingerprint density at radius 3 is 3.00 bits per heavy atom. The van der Waals surface area contributed by atoms with Crippen molar-refractivity contribution in [2.75, 3.05) is 13.7 Å².